The van der Waals surface area contributed by atoms with Gasteiger partial charge in [-0.1, -0.05) is 13.8 Å². The fourth-order valence-corrected chi connectivity index (χ4v) is 1.87. The third-order valence-electron chi connectivity index (χ3n) is 2.94. The Labute approximate surface area is 107 Å². The molecule has 0 bridgehead atoms. The molecule has 2 rings (SSSR count). The molecule has 0 saturated heterocycles. The number of benzene rings is 1. The monoisotopic (exact) mass is 245 g/mol. The summed E-state index contributed by atoms with van der Waals surface area (Å²) in [5.41, 5.74) is 8.65. The molecule has 0 spiro atoms. The van der Waals surface area contributed by atoms with Crippen LogP contribution < -0.4 is 5.73 Å². The lowest BCUT2D eigenvalue weighted by Crippen LogP contribution is -2.06. The molecular weight excluding hydrogens is 226 g/mol. The number of rotatable bonds is 4. The van der Waals surface area contributed by atoms with Crippen molar-refractivity contribution < 1.29 is 0 Å². The van der Waals surface area contributed by atoms with Gasteiger partial charge in [0.2, 0.25) is 0 Å². The van der Waals surface area contributed by atoms with Gasteiger partial charge in [-0.3, -0.25) is 0 Å². The van der Waals surface area contributed by atoms with Gasteiger partial charge in [-0.05, 0) is 53.5 Å². The molecule has 0 atom stereocenters. The maximum absolute atomic E-state index is 5.76. The van der Waals surface area contributed by atoms with E-state index in [0.717, 1.165) is 35.6 Å². The second-order valence-electron chi connectivity index (χ2n) is 4.98. The minimum Gasteiger partial charge on any atom is -0.399 e. The predicted octanol–water partition coefficient (Wildman–Crippen LogP) is 2.28. The number of nitrogens with two attached hydrogens (primary N) is 1. The van der Waals surface area contributed by atoms with Gasteiger partial charge in [-0.2, -0.15) is 0 Å². The molecule has 0 aliphatic heterocycles. The first-order valence-electron chi connectivity index (χ1n) is 6.20. The Morgan fingerprint density at radius 1 is 1.33 bits per heavy atom. The van der Waals surface area contributed by atoms with Crippen LogP contribution >= 0.6 is 0 Å². The quantitative estimate of drug-likeness (QED) is 0.839. The number of aryl methyl sites for hydroxylation is 2. The van der Waals surface area contributed by atoms with E-state index < -0.39 is 0 Å². The zero-order valence-corrected chi connectivity index (χ0v) is 11.1. The summed E-state index contributed by atoms with van der Waals surface area (Å²) in [5.74, 6) is 1.45. The van der Waals surface area contributed by atoms with Crippen molar-refractivity contribution in [3.8, 4) is 11.4 Å². The van der Waals surface area contributed by atoms with Gasteiger partial charge in [-0.25, -0.2) is 4.68 Å². The molecular formula is C13H19N5. The Hall–Kier alpha value is -1.91. The average molecular weight is 245 g/mol. The zero-order chi connectivity index (χ0) is 13.1. The van der Waals surface area contributed by atoms with Gasteiger partial charge in [0.15, 0.2) is 5.82 Å². The van der Waals surface area contributed by atoms with E-state index in [1.807, 2.05) is 29.8 Å². The van der Waals surface area contributed by atoms with Crippen molar-refractivity contribution in [2.75, 3.05) is 5.73 Å². The molecule has 5 heteroatoms. The Morgan fingerprint density at radius 3 is 2.78 bits per heavy atom. The van der Waals surface area contributed by atoms with Gasteiger partial charge in [0.25, 0.3) is 0 Å². The van der Waals surface area contributed by atoms with Gasteiger partial charge in [0, 0.05) is 17.8 Å². The molecule has 1 aromatic carbocycles. The second-order valence-corrected chi connectivity index (χ2v) is 4.98. The summed E-state index contributed by atoms with van der Waals surface area (Å²) >= 11 is 0. The van der Waals surface area contributed by atoms with Crippen LogP contribution in [0.4, 0.5) is 5.69 Å². The molecule has 5 nitrogen and oxygen atoms in total. The summed E-state index contributed by atoms with van der Waals surface area (Å²) in [6.45, 7) is 7.24. The van der Waals surface area contributed by atoms with Crippen molar-refractivity contribution in [1.82, 2.24) is 20.2 Å². The summed E-state index contributed by atoms with van der Waals surface area (Å²) in [5, 5.41) is 11.9. The van der Waals surface area contributed by atoms with E-state index in [1.54, 1.807) is 0 Å². The number of hydrogen-bond donors (Lipinski definition) is 1. The molecule has 2 aromatic rings. The summed E-state index contributed by atoms with van der Waals surface area (Å²) in [7, 11) is 0. The van der Waals surface area contributed by atoms with Crippen LogP contribution in [0.15, 0.2) is 18.2 Å². The number of anilines is 1. The number of hydrogen-bond acceptors (Lipinski definition) is 4. The molecule has 0 aliphatic rings. The maximum atomic E-state index is 5.76. The number of tetrazole rings is 1. The first-order valence-corrected chi connectivity index (χ1v) is 6.20. The van der Waals surface area contributed by atoms with Gasteiger partial charge in [0.05, 0.1) is 0 Å². The summed E-state index contributed by atoms with van der Waals surface area (Å²) in [6, 6.07) is 5.79. The standard InChI is InChI=1S/C13H19N5/c1-9(2)6-7-18-13(15-16-17-18)12-5-4-11(14)8-10(12)3/h4-5,8-9H,6-7,14H2,1-3H3. The Bertz CT molecular complexity index is 530. The largest absolute Gasteiger partial charge is 0.399 e. The van der Waals surface area contributed by atoms with Crippen LogP contribution in [0.1, 0.15) is 25.8 Å². The third kappa shape index (κ3) is 2.67. The fourth-order valence-electron chi connectivity index (χ4n) is 1.87. The first-order chi connectivity index (χ1) is 8.58. The lowest BCUT2D eigenvalue weighted by molar-refractivity contribution is 0.481. The van der Waals surface area contributed by atoms with Gasteiger partial charge < -0.3 is 5.73 Å². The van der Waals surface area contributed by atoms with Crippen molar-refractivity contribution >= 4 is 5.69 Å². The highest BCUT2D eigenvalue weighted by molar-refractivity contribution is 5.63. The zero-order valence-electron chi connectivity index (χ0n) is 11.1. The van der Waals surface area contributed by atoms with E-state index in [-0.39, 0.29) is 0 Å². The molecule has 0 saturated carbocycles. The second kappa shape index (κ2) is 5.16. The molecule has 2 N–H and O–H groups in total. The highest BCUT2D eigenvalue weighted by Gasteiger charge is 2.11. The normalized spacial score (nSPS) is 11.1. The highest BCUT2D eigenvalue weighted by Crippen LogP contribution is 2.22. The molecule has 0 unspecified atom stereocenters. The van der Waals surface area contributed by atoms with Crippen LogP contribution in [0.25, 0.3) is 11.4 Å². The molecule has 96 valence electrons. The van der Waals surface area contributed by atoms with Gasteiger partial charge in [0.1, 0.15) is 0 Å². The number of nitrogen functional groups attached to an aromatic ring is 1. The van der Waals surface area contributed by atoms with Gasteiger partial charge in [-0.15, -0.1) is 5.10 Å². The molecule has 1 aromatic heterocycles. The van der Waals surface area contributed by atoms with E-state index in [4.69, 9.17) is 5.73 Å². The molecule has 0 fully saturated rings. The van der Waals surface area contributed by atoms with E-state index in [9.17, 15) is 0 Å². The van der Waals surface area contributed by atoms with Crippen molar-refractivity contribution in [3.63, 3.8) is 0 Å². The van der Waals surface area contributed by atoms with Crippen LogP contribution in [-0.4, -0.2) is 20.2 Å². The maximum Gasteiger partial charge on any atom is 0.182 e. The summed E-state index contributed by atoms with van der Waals surface area (Å²) in [4.78, 5) is 0. The predicted molar refractivity (Wildman–Crippen MR) is 71.9 cm³/mol. The number of aromatic nitrogens is 4. The van der Waals surface area contributed by atoms with Crippen LogP contribution in [0, 0.1) is 12.8 Å². The van der Waals surface area contributed by atoms with Gasteiger partial charge >= 0.3 is 0 Å². The van der Waals surface area contributed by atoms with Crippen LogP contribution in [-0.2, 0) is 6.54 Å². The highest BCUT2D eigenvalue weighted by atomic mass is 15.5. The molecule has 0 aliphatic carbocycles. The van der Waals surface area contributed by atoms with E-state index in [0.29, 0.717) is 5.92 Å². The third-order valence-corrected chi connectivity index (χ3v) is 2.94. The van der Waals surface area contributed by atoms with Crippen LogP contribution in [0.2, 0.25) is 0 Å². The average Bonchev–Trinajstić information content (AvgIpc) is 2.74. The van der Waals surface area contributed by atoms with Crippen molar-refractivity contribution in [3.05, 3.63) is 23.8 Å². The SMILES string of the molecule is Cc1cc(N)ccc1-c1nnnn1CCC(C)C. The van der Waals surface area contributed by atoms with E-state index in [1.165, 1.54) is 0 Å². The Balaban J connectivity index is 2.30. The van der Waals surface area contributed by atoms with Crippen LogP contribution in [0.5, 0.6) is 0 Å². The van der Waals surface area contributed by atoms with Crippen molar-refractivity contribution in [2.45, 2.75) is 33.7 Å². The minimum atomic E-state index is 0.634. The van der Waals surface area contributed by atoms with Crippen LogP contribution in [0.3, 0.4) is 0 Å². The summed E-state index contributed by atoms with van der Waals surface area (Å²) in [6.07, 6.45) is 1.06. The minimum absolute atomic E-state index is 0.634. The molecule has 0 amide bonds. The Morgan fingerprint density at radius 2 is 2.11 bits per heavy atom. The molecule has 18 heavy (non-hydrogen) atoms. The lowest BCUT2D eigenvalue weighted by atomic mass is 10.1. The lowest BCUT2D eigenvalue weighted by Gasteiger charge is -2.09. The molecule has 0 radical (unpaired) electrons. The Kier molecular flexibility index (Phi) is 3.60. The van der Waals surface area contributed by atoms with Crippen molar-refractivity contribution in [1.29, 1.82) is 0 Å². The topological polar surface area (TPSA) is 69.6 Å². The smallest absolute Gasteiger partial charge is 0.182 e. The summed E-state index contributed by atoms with van der Waals surface area (Å²) < 4.78 is 1.86. The van der Waals surface area contributed by atoms with Crippen molar-refractivity contribution in [2.24, 2.45) is 5.92 Å². The molecule has 1 heterocycles. The van der Waals surface area contributed by atoms with E-state index in [2.05, 4.69) is 29.4 Å². The fraction of sp³-hybridized carbons (Fsp3) is 0.462. The first kappa shape index (κ1) is 12.5. The number of nitrogens with zero attached hydrogens (tertiary/aromatic N) is 4. The van der Waals surface area contributed by atoms with E-state index >= 15 is 0 Å².